The van der Waals surface area contributed by atoms with Gasteiger partial charge in [-0.1, -0.05) is 20.3 Å². The van der Waals surface area contributed by atoms with E-state index in [0.717, 1.165) is 48.2 Å². The van der Waals surface area contributed by atoms with Gasteiger partial charge in [0.25, 0.3) is 5.91 Å². The molecule has 1 saturated carbocycles. The van der Waals surface area contributed by atoms with Gasteiger partial charge < -0.3 is 14.8 Å². The van der Waals surface area contributed by atoms with Crippen molar-refractivity contribution in [2.45, 2.75) is 65.4 Å². The minimum atomic E-state index is -0.685. The molecule has 1 amide bonds. The van der Waals surface area contributed by atoms with Crippen molar-refractivity contribution in [3.8, 4) is 5.75 Å². The fourth-order valence-corrected chi connectivity index (χ4v) is 3.79. The molecule has 0 saturated heterocycles. The third kappa shape index (κ3) is 4.10. The van der Waals surface area contributed by atoms with Crippen LogP contribution in [-0.4, -0.2) is 25.2 Å². The van der Waals surface area contributed by atoms with E-state index in [4.69, 9.17) is 9.47 Å². The molecule has 0 aliphatic heterocycles. The molecular formula is C20H31NO3. The topological polar surface area (TPSA) is 47.6 Å². The average molecular weight is 333 g/mol. The number of nitrogens with one attached hydrogen (secondary N) is 1. The van der Waals surface area contributed by atoms with E-state index >= 15 is 0 Å². The first kappa shape index (κ1) is 18.8. The Morgan fingerprint density at radius 1 is 1.33 bits per heavy atom. The van der Waals surface area contributed by atoms with E-state index in [0.29, 0.717) is 12.5 Å². The quantitative estimate of drug-likeness (QED) is 0.826. The summed E-state index contributed by atoms with van der Waals surface area (Å²) in [6.45, 7) is 8.90. The minimum Gasteiger partial charge on any atom is -0.496 e. The van der Waals surface area contributed by atoms with Crippen molar-refractivity contribution in [3.05, 3.63) is 23.3 Å². The molecule has 134 valence electrons. The molecule has 4 heteroatoms. The van der Waals surface area contributed by atoms with Crippen LogP contribution in [-0.2, 0) is 9.53 Å². The number of rotatable bonds is 6. The van der Waals surface area contributed by atoms with Crippen molar-refractivity contribution in [3.63, 3.8) is 0 Å². The Morgan fingerprint density at radius 2 is 2.00 bits per heavy atom. The van der Waals surface area contributed by atoms with Gasteiger partial charge in [-0.05, 0) is 68.7 Å². The molecule has 2 rings (SSSR count). The molecule has 1 aromatic carbocycles. The zero-order valence-electron chi connectivity index (χ0n) is 15.7. The maximum Gasteiger partial charge on any atom is 0.256 e. The van der Waals surface area contributed by atoms with Crippen LogP contribution in [0.4, 0.5) is 5.69 Å². The number of benzene rings is 1. The predicted octanol–water partition coefficient (Wildman–Crippen LogP) is 4.63. The van der Waals surface area contributed by atoms with Crippen LogP contribution < -0.4 is 10.1 Å². The monoisotopic (exact) mass is 333 g/mol. The Morgan fingerprint density at radius 3 is 2.54 bits per heavy atom. The largest absolute Gasteiger partial charge is 0.496 e. The zero-order valence-corrected chi connectivity index (χ0v) is 15.7. The first-order valence-electron chi connectivity index (χ1n) is 9.02. The minimum absolute atomic E-state index is 0.00790. The summed E-state index contributed by atoms with van der Waals surface area (Å²) < 4.78 is 11.5. The lowest BCUT2D eigenvalue weighted by Crippen LogP contribution is -2.48. The maximum absolute atomic E-state index is 13.1. The van der Waals surface area contributed by atoms with Crippen LogP contribution in [0.3, 0.4) is 0 Å². The van der Waals surface area contributed by atoms with Crippen LogP contribution >= 0.6 is 0 Å². The zero-order chi connectivity index (χ0) is 17.7. The number of anilines is 1. The molecule has 1 aliphatic carbocycles. The highest BCUT2D eigenvalue weighted by Gasteiger charge is 2.42. The molecule has 0 radical (unpaired) electrons. The van der Waals surface area contributed by atoms with Crippen molar-refractivity contribution in [1.29, 1.82) is 0 Å². The summed E-state index contributed by atoms with van der Waals surface area (Å²) in [7, 11) is 1.67. The Bertz CT molecular complexity index is 561. The second-order valence-corrected chi connectivity index (χ2v) is 7.14. The molecule has 1 N–H and O–H groups in total. The summed E-state index contributed by atoms with van der Waals surface area (Å²) >= 11 is 0. The van der Waals surface area contributed by atoms with Gasteiger partial charge in [-0.2, -0.15) is 0 Å². The average Bonchev–Trinajstić information content (AvgIpc) is 2.52. The Balaban J connectivity index is 2.21. The van der Waals surface area contributed by atoms with Gasteiger partial charge >= 0.3 is 0 Å². The van der Waals surface area contributed by atoms with Crippen LogP contribution in [0.5, 0.6) is 5.75 Å². The highest BCUT2D eigenvalue weighted by molar-refractivity contribution is 5.97. The van der Waals surface area contributed by atoms with Gasteiger partial charge in [0.1, 0.15) is 11.4 Å². The van der Waals surface area contributed by atoms with Gasteiger partial charge in [0.2, 0.25) is 0 Å². The van der Waals surface area contributed by atoms with Crippen LogP contribution in [0, 0.1) is 19.8 Å². The fourth-order valence-electron chi connectivity index (χ4n) is 3.79. The normalized spacial score (nSPS) is 23.8. The Labute approximate surface area is 145 Å². The number of carbonyl (C=O) groups is 1. The summed E-state index contributed by atoms with van der Waals surface area (Å²) in [4.78, 5) is 13.1. The van der Waals surface area contributed by atoms with E-state index in [9.17, 15) is 4.79 Å². The summed E-state index contributed by atoms with van der Waals surface area (Å²) in [6.07, 6.45) is 4.73. The molecule has 0 heterocycles. The molecule has 1 aromatic rings. The number of methoxy groups -OCH3 is 1. The van der Waals surface area contributed by atoms with Gasteiger partial charge in [-0.25, -0.2) is 0 Å². The van der Waals surface area contributed by atoms with Gasteiger partial charge in [0, 0.05) is 12.3 Å². The van der Waals surface area contributed by atoms with E-state index in [1.807, 2.05) is 26.0 Å². The first-order chi connectivity index (χ1) is 11.4. The number of hydrogen-bond donors (Lipinski definition) is 1. The number of carbonyl (C=O) groups excluding carboxylic acids is 1. The summed E-state index contributed by atoms with van der Waals surface area (Å²) in [5.74, 6) is 1.38. The van der Waals surface area contributed by atoms with Crippen LogP contribution in [0.25, 0.3) is 0 Å². The Kier molecular flexibility index (Phi) is 6.27. The number of hydrogen-bond acceptors (Lipinski definition) is 3. The highest BCUT2D eigenvalue weighted by Crippen LogP contribution is 2.37. The molecule has 0 aromatic heterocycles. The molecule has 24 heavy (non-hydrogen) atoms. The smallest absolute Gasteiger partial charge is 0.256 e. The molecule has 4 nitrogen and oxygen atoms in total. The SMILES string of the molecule is CCCO[C@]1(C(=O)Nc2cc(C)c(OC)c(C)c2)CCC[C@H](C)C1. The van der Waals surface area contributed by atoms with Gasteiger partial charge in [-0.15, -0.1) is 0 Å². The van der Waals surface area contributed by atoms with E-state index < -0.39 is 5.60 Å². The van der Waals surface area contributed by atoms with E-state index in [2.05, 4.69) is 19.2 Å². The standard InChI is InChI=1S/C20H31NO3/c1-6-10-24-20(9-7-8-14(2)13-20)19(22)21-17-11-15(3)18(23-5)16(4)12-17/h11-12,14H,6-10,13H2,1-5H3,(H,21,22)/t14-,20+/m0/s1. The molecule has 2 atom stereocenters. The molecular weight excluding hydrogens is 302 g/mol. The van der Waals surface area contributed by atoms with Crippen molar-refractivity contribution < 1.29 is 14.3 Å². The predicted molar refractivity (Wildman–Crippen MR) is 97.7 cm³/mol. The summed E-state index contributed by atoms with van der Waals surface area (Å²) in [5, 5.41) is 3.10. The third-order valence-electron chi connectivity index (χ3n) is 4.87. The molecule has 1 aliphatic rings. The van der Waals surface area contributed by atoms with Gasteiger partial charge in [-0.3, -0.25) is 4.79 Å². The molecule has 0 spiro atoms. The number of ether oxygens (including phenoxy) is 2. The van der Waals surface area contributed by atoms with E-state index in [1.165, 1.54) is 6.42 Å². The summed E-state index contributed by atoms with van der Waals surface area (Å²) in [6, 6.07) is 3.92. The summed E-state index contributed by atoms with van der Waals surface area (Å²) in [5.41, 5.74) is 2.17. The van der Waals surface area contributed by atoms with Crippen LogP contribution in [0.15, 0.2) is 12.1 Å². The number of amides is 1. The lowest BCUT2D eigenvalue weighted by Gasteiger charge is -2.38. The van der Waals surface area contributed by atoms with E-state index in [1.54, 1.807) is 7.11 Å². The number of aryl methyl sites for hydroxylation is 2. The van der Waals surface area contributed by atoms with Crippen LogP contribution in [0.1, 0.15) is 57.1 Å². The lowest BCUT2D eigenvalue weighted by atomic mass is 9.78. The van der Waals surface area contributed by atoms with Crippen molar-refractivity contribution in [2.24, 2.45) is 5.92 Å². The molecule has 0 unspecified atom stereocenters. The second-order valence-electron chi connectivity index (χ2n) is 7.14. The van der Waals surface area contributed by atoms with Crippen LogP contribution in [0.2, 0.25) is 0 Å². The molecule has 1 fully saturated rings. The van der Waals surface area contributed by atoms with Crippen molar-refractivity contribution in [2.75, 3.05) is 19.0 Å². The van der Waals surface area contributed by atoms with Crippen molar-refractivity contribution >= 4 is 11.6 Å². The van der Waals surface area contributed by atoms with Gasteiger partial charge in [0.15, 0.2) is 0 Å². The van der Waals surface area contributed by atoms with Gasteiger partial charge in [0.05, 0.1) is 7.11 Å². The fraction of sp³-hybridized carbons (Fsp3) is 0.650. The Hall–Kier alpha value is -1.55. The highest BCUT2D eigenvalue weighted by atomic mass is 16.5. The maximum atomic E-state index is 13.1. The van der Waals surface area contributed by atoms with Crippen molar-refractivity contribution in [1.82, 2.24) is 0 Å². The van der Waals surface area contributed by atoms with E-state index in [-0.39, 0.29) is 5.91 Å². The third-order valence-corrected chi connectivity index (χ3v) is 4.87. The second kappa shape index (κ2) is 8.02. The first-order valence-corrected chi connectivity index (χ1v) is 9.02. The molecule has 0 bridgehead atoms. The lowest BCUT2D eigenvalue weighted by molar-refractivity contribution is -0.148.